The summed E-state index contributed by atoms with van der Waals surface area (Å²) < 4.78 is 16.4. The Bertz CT molecular complexity index is 1200. The van der Waals surface area contributed by atoms with Crippen LogP contribution in [-0.2, 0) is 11.3 Å². The number of nitrogens with zero attached hydrogens (tertiary/aromatic N) is 5. The van der Waals surface area contributed by atoms with E-state index < -0.39 is 5.60 Å². The van der Waals surface area contributed by atoms with Crippen molar-refractivity contribution in [2.45, 2.75) is 51.8 Å². The van der Waals surface area contributed by atoms with Crippen molar-refractivity contribution in [2.24, 2.45) is 0 Å². The Kier molecular flexibility index (Phi) is 7.98. The maximum absolute atomic E-state index is 14.2. The van der Waals surface area contributed by atoms with Crippen molar-refractivity contribution >= 4 is 52.8 Å². The monoisotopic (exact) mass is 566 g/mol. The minimum Gasteiger partial charge on any atom is -0.495 e. The maximum Gasteiger partial charge on any atom is 0.410 e. The number of likely N-dealkylation sites (tertiary alicyclic amines) is 1. The van der Waals surface area contributed by atoms with Crippen molar-refractivity contribution in [3.8, 4) is 11.5 Å². The standard InChI is InChI=1S/C25H32Cl2N6O5/c1-25(2,3)38-24(35)31-9-7-15(8-10-31)33-21-14(12-29-22(28-4)30-21)13-32(23(33)34)20-18(26)16(36-5)11-17(37-6)19(20)27/h11-12,15H,7-10,13H2,1-6H3,(H,28,29,30). The SMILES string of the molecule is CNc1ncc2c(n1)N(C1CCN(C(=O)OC(C)(C)C)CC1)C(=O)N(c1c(Cl)c(OC)cc(OC)c1Cl)C2. The molecule has 2 aliphatic heterocycles. The second-order valence-electron chi connectivity index (χ2n) is 9.99. The smallest absolute Gasteiger partial charge is 0.410 e. The molecule has 2 aromatic rings. The van der Waals surface area contributed by atoms with Crippen molar-refractivity contribution in [1.29, 1.82) is 0 Å². The van der Waals surface area contributed by atoms with Crippen LogP contribution < -0.4 is 24.6 Å². The topological polar surface area (TPSA) is 109 Å². The molecule has 3 amide bonds. The molecular formula is C25H32Cl2N6O5. The number of halogens is 2. The summed E-state index contributed by atoms with van der Waals surface area (Å²) in [6.45, 7) is 6.49. The molecule has 13 heteroatoms. The van der Waals surface area contributed by atoms with E-state index in [1.807, 2.05) is 20.8 Å². The molecule has 0 bridgehead atoms. The third-order valence-electron chi connectivity index (χ3n) is 6.36. The number of rotatable bonds is 5. The number of nitrogens with one attached hydrogen (secondary N) is 1. The average Bonchev–Trinajstić information content (AvgIpc) is 2.88. The van der Waals surface area contributed by atoms with Gasteiger partial charge in [-0.1, -0.05) is 23.2 Å². The Morgan fingerprint density at radius 2 is 1.71 bits per heavy atom. The highest BCUT2D eigenvalue weighted by atomic mass is 35.5. The first-order valence-electron chi connectivity index (χ1n) is 12.2. The fraction of sp³-hybridized carbons (Fsp3) is 0.520. The van der Waals surface area contributed by atoms with Crippen LogP contribution in [0.5, 0.6) is 11.5 Å². The van der Waals surface area contributed by atoms with Crippen molar-refractivity contribution in [1.82, 2.24) is 14.9 Å². The highest BCUT2D eigenvalue weighted by molar-refractivity contribution is 6.42. The number of carbonyl (C=O) groups excluding carboxylic acids is 2. The number of hydrogen-bond acceptors (Lipinski definition) is 8. The van der Waals surface area contributed by atoms with E-state index in [4.69, 9.17) is 37.4 Å². The van der Waals surface area contributed by atoms with Crippen LogP contribution in [0.2, 0.25) is 10.0 Å². The molecule has 11 nitrogen and oxygen atoms in total. The van der Waals surface area contributed by atoms with Crippen LogP contribution in [0.15, 0.2) is 12.3 Å². The second kappa shape index (κ2) is 10.9. The lowest BCUT2D eigenvalue weighted by Crippen LogP contribution is -2.56. The summed E-state index contributed by atoms with van der Waals surface area (Å²) in [5, 5.41) is 3.30. The van der Waals surface area contributed by atoms with E-state index in [0.717, 1.165) is 0 Å². The molecule has 0 aliphatic carbocycles. The van der Waals surface area contributed by atoms with Crippen molar-refractivity contribution < 1.29 is 23.8 Å². The number of methoxy groups -OCH3 is 2. The number of fused-ring (bicyclic) bond motifs is 1. The molecule has 1 saturated heterocycles. The minimum atomic E-state index is -0.590. The first-order chi connectivity index (χ1) is 18.0. The summed E-state index contributed by atoms with van der Waals surface area (Å²) in [6.07, 6.45) is 2.36. The fourth-order valence-corrected chi connectivity index (χ4v) is 5.25. The van der Waals surface area contributed by atoms with E-state index in [-0.39, 0.29) is 40.4 Å². The zero-order valence-electron chi connectivity index (χ0n) is 22.3. The average molecular weight is 567 g/mol. The van der Waals surface area contributed by atoms with Crippen LogP contribution in [0, 0.1) is 0 Å². The summed E-state index contributed by atoms with van der Waals surface area (Å²) in [5.74, 6) is 1.53. The number of hydrogen-bond donors (Lipinski definition) is 1. The Labute approximate surface area is 231 Å². The molecule has 1 N–H and O–H groups in total. The van der Waals surface area contributed by atoms with Gasteiger partial charge in [-0.2, -0.15) is 4.98 Å². The van der Waals surface area contributed by atoms with E-state index >= 15 is 0 Å². The predicted molar refractivity (Wildman–Crippen MR) is 146 cm³/mol. The zero-order chi connectivity index (χ0) is 27.8. The summed E-state index contributed by atoms with van der Waals surface area (Å²) in [4.78, 5) is 40.5. The molecule has 1 aromatic carbocycles. The van der Waals surface area contributed by atoms with Crippen molar-refractivity contribution in [3.05, 3.63) is 27.9 Å². The van der Waals surface area contributed by atoms with E-state index in [9.17, 15) is 9.59 Å². The molecule has 0 unspecified atom stereocenters. The summed E-state index contributed by atoms with van der Waals surface area (Å²) >= 11 is 13.4. The molecule has 38 heavy (non-hydrogen) atoms. The molecule has 0 atom stereocenters. The van der Waals surface area contributed by atoms with Gasteiger partial charge in [0.1, 0.15) is 33.0 Å². The predicted octanol–water partition coefficient (Wildman–Crippen LogP) is 5.19. The van der Waals surface area contributed by atoms with Crippen molar-refractivity contribution in [3.63, 3.8) is 0 Å². The van der Waals surface area contributed by atoms with Crippen molar-refractivity contribution in [2.75, 3.05) is 49.5 Å². The molecular weight excluding hydrogens is 535 g/mol. The van der Waals surface area contributed by atoms with Crippen LogP contribution in [-0.4, -0.2) is 73.0 Å². The molecule has 206 valence electrons. The van der Waals surface area contributed by atoms with Gasteiger partial charge in [0.15, 0.2) is 0 Å². The molecule has 0 saturated carbocycles. The highest BCUT2D eigenvalue weighted by Crippen LogP contribution is 2.48. The lowest BCUT2D eigenvalue weighted by Gasteiger charge is -2.43. The molecule has 0 radical (unpaired) electrons. The highest BCUT2D eigenvalue weighted by Gasteiger charge is 2.41. The second-order valence-corrected chi connectivity index (χ2v) is 10.7. The number of anilines is 3. The van der Waals surface area contributed by atoms with Crippen LogP contribution in [0.4, 0.5) is 27.0 Å². The van der Waals surface area contributed by atoms with E-state index in [1.165, 1.54) is 19.1 Å². The molecule has 1 fully saturated rings. The molecule has 4 rings (SSSR count). The van der Waals surface area contributed by atoms with E-state index in [1.54, 1.807) is 29.1 Å². The Morgan fingerprint density at radius 3 is 2.24 bits per heavy atom. The normalized spacial score (nSPS) is 16.3. The molecule has 3 heterocycles. The van der Waals surface area contributed by atoms with Gasteiger partial charge in [0, 0.05) is 44.0 Å². The van der Waals surface area contributed by atoms with Gasteiger partial charge in [0.05, 0.1) is 26.5 Å². The lowest BCUT2D eigenvalue weighted by molar-refractivity contribution is 0.0206. The number of piperidine rings is 1. The Hall–Kier alpha value is -3.18. The number of amides is 3. The van der Waals surface area contributed by atoms with Gasteiger partial charge < -0.3 is 24.4 Å². The van der Waals surface area contributed by atoms with Crippen LogP contribution in [0.3, 0.4) is 0 Å². The largest absolute Gasteiger partial charge is 0.495 e. The van der Waals surface area contributed by atoms with Gasteiger partial charge in [0.25, 0.3) is 0 Å². The fourth-order valence-electron chi connectivity index (χ4n) is 4.54. The van der Waals surface area contributed by atoms with E-state index in [2.05, 4.69) is 15.3 Å². The minimum absolute atomic E-state index is 0.140. The van der Waals surface area contributed by atoms with Gasteiger partial charge in [-0.05, 0) is 33.6 Å². The zero-order valence-corrected chi connectivity index (χ0v) is 23.8. The van der Waals surface area contributed by atoms with Gasteiger partial charge in [-0.15, -0.1) is 0 Å². The summed E-state index contributed by atoms with van der Waals surface area (Å²) in [7, 11) is 4.66. The number of benzene rings is 1. The number of carbonyl (C=O) groups is 2. The third kappa shape index (κ3) is 5.35. The number of ether oxygens (including phenoxy) is 3. The first-order valence-corrected chi connectivity index (χ1v) is 13.0. The van der Waals surface area contributed by atoms with E-state index in [0.29, 0.717) is 54.8 Å². The number of urea groups is 1. The van der Waals surface area contributed by atoms with Crippen LogP contribution in [0.1, 0.15) is 39.2 Å². The number of aromatic nitrogens is 2. The molecule has 1 aromatic heterocycles. The van der Waals surface area contributed by atoms with Crippen LogP contribution in [0.25, 0.3) is 0 Å². The van der Waals surface area contributed by atoms with Gasteiger partial charge in [-0.3, -0.25) is 9.80 Å². The lowest BCUT2D eigenvalue weighted by atomic mass is 10.0. The van der Waals surface area contributed by atoms with Gasteiger partial charge in [0.2, 0.25) is 5.95 Å². The van der Waals surface area contributed by atoms with Crippen LogP contribution >= 0.6 is 23.2 Å². The molecule has 2 aliphatic rings. The summed E-state index contributed by atoms with van der Waals surface area (Å²) in [5.41, 5.74) is 0.397. The first kappa shape index (κ1) is 27.8. The van der Waals surface area contributed by atoms with Gasteiger partial charge >= 0.3 is 12.1 Å². The van der Waals surface area contributed by atoms with Gasteiger partial charge in [-0.25, -0.2) is 14.6 Å². The summed E-state index contributed by atoms with van der Waals surface area (Å²) in [6, 6.07) is 0.976. The quantitative estimate of drug-likeness (QED) is 0.526. The maximum atomic E-state index is 14.2. The molecule has 0 spiro atoms. The Morgan fingerprint density at radius 1 is 1.11 bits per heavy atom. The Balaban J connectivity index is 1.71. The third-order valence-corrected chi connectivity index (χ3v) is 7.09.